The molecule has 0 unspecified atom stereocenters. The van der Waals surface area contributed by atoms with Crippen molar-refractivity contribution in [3.8, 4) is 5.75 Å². The Labute approximate surface area is 140 Å². The van der Waals surface area contributed by atoms with Crippen LogP contribution in [-0.2, 0) is 6.54 Å². The molecule has 122 valence electrons. The molecule has 2 rings (SSSR count). The molecular formula is C17H19ClN2O3. The molecule has 1 amide bonds. The van der Waals surface area contributed by atoms with E-state index in [9.17, 15) is 4.79 Å². The van der Waals surface area contributed by atoms with Crippen molar-refractivity contribution in [1.82, 2.24) is 9.88 Å². The Morgan fingerprint density at radius 1 is 1.39 bits per heavy atom. The highest BCUT2D eigenvalue weighted by atomic mass is 35.5. The Balaban J connectivity index is 2.08. The number of hydrogen-bond acceptors (Lipinski definition) is 4. The van der Waals surface area contributed by atoms with Crippen LogP contribution in [0.2, 0.25) is 5.02 Å². The molecule has 0 aliphatic rings. The van der Waals surface area contributed by atoms with Gasteiger partial charge in [-0.15, -0.1) is 0 Å². The van der Waals surface area contributed by atoms with Gasteiger partial charge in [0, 0.05) is 49.6 Å². The van der Waals surface area contributed by atoms with Gasteiger partial charge in [-0.2, -0.15) is 0 Å². The molecule has 1 heterocycles. The maximum Gasteiger partial charge on any atom is 0.254 e. The minimum Gasteiger partial charge on any atom is -0.493 e. The molecule has 0 aliphatic carbocycles. The average Bonchev–Trinajstić information content (AvgIpc) is 2.55. The molecule has 0 saturated heterocycles. The lowest BCUT2D eigenvalue weighted by Crippen LogP contribution is -2.26. The SMILES string of the molecule is CN(Cc1cccnc1)C(=O)c1cc(Cl)cc(OCCCO)c1. The topological polar surface area (TPSA) is 62.7 Å². The van der Waals surface area contributed by atoms with Gasteiger partial charge in [-0.3, -0.25) is 9.78 Å². The van der Waals surface area contributed by atoms with E-state index in [1.165, 1.54) is 0 Å². The van der Waals surface area contributed by atoms with Crippen LogP contribution in [0.15, 0.2) is 42.7 Å². The van der Waals surface area contributed by atoms with E-state index in [-0.39, 0.29) is 12.5 Å². The molecule has 6 heteroatoms. The summed E-state index contributed by atoms with van der Waals surface area (Å²) in [5.41, 5.74) is 1.41. The molecular weight excluding hydrogens is 316 g/mol. The van der Waals surface area contributed by atoms with Crippen LogP contribution in [0.4, 0.5) is 0 Å². The van der Waals surface area contributed by atoms with Crippen LogP contribution < -0.4 is 4.74 Å². The number of carbonyl (C=O) groups is 1. The Morgan fingerprint density at radius 3 is 2.91 bits per heavy atom. The molecule has 23 heavy (non-hydrogen) atoms. The molecule has 1 aromatic carbocycles. The van der Waals surface area contributed by atoms with Crippen LogP contribution in [0.25, 0.3) is 0 Å². The lowest BCUT2D eigenvalue weighted by molar-refractivity contribution is 0.0784. The number of aliphatic hydroxyl groups is 1. The third-order valence-electron chi connectivity index (χ3n) is 3.18. The zero-order valence-corrected chi connectivity index (χ0v) is 13.7. The minimum absolute atomic E-state index is 0.0558. The lowest BCUT2D eigenvalue weighted by Gasteiger charge is -2.18. The van der Waals surface area contributed by atoms with Crippen LogP contribution >= 0.6 is 11.6 Å². The molecule has 0 radical (unpaired) electrons. The van der Waals surface area contributed by atoms with Crippen molar-refractivity contribution < 1.29 is 14.6 Å². The second-order valence-corrected chi connectivity index (χ2v) is 5.56. The Kier molecular flexibility index (Phi) is 6.38. The fourth-order valence-electron chi connectivity index (χ4n) is 2.08. The van der Waals surface area contributed by atoms with E-state index in [1.807, 2.05) is 12.1 Å². The van der Waals surface area contributed by atoms with Crippen LogP contribution in [-0.4, -0.2) is 41.2 Å². The van der Waals surface area contributed by atoms with Crippen LogP contribution in [0, 0.1) is 0 Å². The zero-order valence-electron chi connectivity index (χ0n) is 12.9. The summed E-state index contributed by atoms with van der Waals surface area (Å²) in [5, 5.41) is 9.22. The van der Waals surface area contributed by atoms with Gasteiger partial charge < -0.3 is 14.7 Å². The molecule has 1 aromatic heterocycles. The van der Waals surface area contributed by atoms with Crippen LogP contribution in [0.1, 0.15) is 22.3 Å². The molecule has 0 aliphatic heterocycles. The van der Waals surface area contributed by atoms with Gasteiger partial charge in [-0.25, -0.2) is 0 Å². The van der Waals surface area contributed by atoms with Crippen molar-refractivity contribution in [2.24, 2.45) is 0 Å². The Bertz CT molecular complexity index is 650. The van der Waals surface area contributed by atoms with Gasteiger partial charge in [-0.05, 0) is 29.8 Å². The number of rotatable bonds is 7. The van der Waals surface area contributed by atoms with Crippen molar-refractivity contribution in [2.75, 3.05) is 20.3 Å². The predicted molar refractivity (Wildman–Crippen MR) is 88.7 cm³/mol. The summed E-state index contributed by atoms with van der Waals surface area (Å²) in [5.74, 6) is 0.368. The lowest BCUT2D eigenvalue weighted by atomic mass is 10.1. The summed E-state index contributed by atoms with van der Waals surface area (Å²) in [6, 6.07) is 8.67. The molecule has 1 N–H and O–H groups in total. The molecule has 2 aromatic rings. The highest BCUT2D eigenvalue weighted by Crippen LogP contribution is 2.22. The maximum atomic E-state index is 12.5. The van der Waals surface area contributed by atoms with E-state index < -0.39 is 0 Å². The Morgan fingerprint density at radius 2 is 2.22 bits per heavy atom. The molecule has 5 nitrogen and oxygen atoms in total. The van der Waals surface area contributed by atoms with Gasteiger partial charge in [0.1, 0.15) is 5.75 Å². The standard InChI is InChI=1S/C17H19ClN2O3/c1-20(12-13-4-2-5-19-11-13)17(22)14-8-15(18)10-16(9-14)23-7-3-6-21/h2,4-5,8-11,21H,3,6-7,12H2,1H3. The van der Waals surface area contributed by atoms with E-state index in [2.05, 4.69) is 4.98 Å². The number of ether oxygens (including phenoxy) is 1. The summed E-state index contributed by atoms with van der Waals surface area (Å²) in [6.45, 7) is 0.885. The van der Waals surface area contributed by atoms with Gasteiger partial charge in [0.25, 0.3) is 5.91 Å². The molecule has 0 bridgehead atoms. The van der Waals surface area contributed by atoms with E-state index in [0.717, 1.165) is 5.56 Å². The first-order valence-corrected chi connectivity index (χ1v) is 7.66. The normalized spacial score (nSPS) is 10.4. The second-order valence-electron chi connectivity index (χ2n) is 5.12. The molecule has 0 fully saturated rings. The van der Waals surface area contributed by atoms with Crippen LogP contribution in [0.3, 0.4) is 0 Å². The van der Waals surface area contributed by atoms with Crippen LogP contribution in [0.5, 0.6) is 5.75 Å². The number of carbonyl (C=O) groups excluding carboxylic acids is 1. The number of nitrogens with zero attached hydrogens (tertiary/aromatic N) is 2. The van der Waals surface area contributed by atoms with E-state index in [1.54, 1.807) is 42.5 Å². The number of halogens is 1. The number of aromatic nitrogens is 1. The van der Waals surface area contributed by atoms with Crippen molar-refractivity contribution in [3.63, 3.8) is 0 Å². The quantitative estimate of drug-likeness (QED) is 0.791. The highest BCUT2D eigenvalue weighted by molar-refractivity contribution is 6.31. The molecule has 0 saturated carbocycles. The van der Waals surface area contributed by atoms with Gasteiger partial charge >= 0.3 is 0 Å². The summed E-state index contributed by atoms with van der Waals surface area (Å²) in [6.07, 6.45) is 3.94. The molecule has 0 atom stereocenters. The molecule has 0 spiro atoms. The summed E-state index contributed by atoms with van der Waals surface area (Å²) >= 11 is 6.06. The van der Waals surface area contributed by atoms with E-state index in [0.29, 0.717) is 35.9 Å². The van der Waals surface area contributed by atoms with Crippen molar-refractivity contribution in [3.05, 3.63) is 58.9 Å². The number of amides is 1. The third-order valence-corrected chi connectivity index (χ3v) is 3.40. The van der Waals surface area contributed by atoms with Gasteiger partial charge in [0.15, 0.2) is 0 Å². The second kappa shape index (κ2) is 8.50. The zero-order chi connectivity index (χ0) is 16.7. The smallest absolute Gasteiger partial charge is 0.254 e. The van der Waals surface area contributed by atoms with Crippen molar-refractivity contribution in [1.29, 1.82) is 0 Å². The highest BCUT2D eigenvalue weighted by Gasteiger charge is 2.14. The monoisotopic (exact) mass is 334 g/mol. The maximum absolute atomic E-state index is 12.5. The van der Waals surface area contributed by atoms with E-state index >= 15 is 0 Å². The summed E-state index contributed by atoms with van der Waals surface area (Å²) < 4.78 is 5.49. The summed E-state index contributed by atoms with van der Waals surface area (Å²) in [7, 11) is 1.72. The number of pyridine rings is 1. The van der Waals surface area contributed by atoms with Crippen molar-refractivity contribution in [2.45, 2.75) is 13.0 Å². The third kappa shape index (κ3) is 5.23. The van der Waals surface area contributed by atoms with Gasteiger partial charge in [-0.1, -0.05) is 17.7 Å². The fraction of sp³-hybridized carbons (Fsp3) is 0.294. The number of hydrogen-bond donors (Lipinski definition) is 1. The first-order chi connectivity index (χ1) is 11.1. The van der Waals surface area contributed by atoms with E-state index in [4.69, 9.17) is 21.4 Å². The first kappa shape index (κ1) is 17.2. The average molecular weight is 335 g/mol. The van der Waals surface area contributed by atoms with Crippen molar-refractivity contribution >= 4 is 17.5 Å². The van der Waals surface area contributed by atoms with Gasteiger partial charge in [0.2, 0.25) is 0 Å². The number of aliphatic hydroxyl groups excluding tert-OH is 1. The fourth-order valence-corrected chi connectivity index (χ4v) is 2.31. The largest absolute Gasteiger partial charge is 0.493 e. The number of benzene rings is 1. The Hall–Kier alpha value is -2.11. The first-order valence-electron chi connectivity index (χ1n) is 7.29. The predicted octanol–water partition coefficient (Wildman–Crippen LogP) is 2.77. The summed E-state index contributed by atoms with van der Waals surface area (Å²) in [4.78, 5) is 18.2. The van der Waals surface area contributed by atoms with Gasteiger partial charge in [0.05, 0.1) is 6.61 Å². The minimum atomic E-state index is -0.150.